The van der Waals surface area contributed by atoms with E-state index in [4.69, 9.17) is 4.74 Å². The van der Waals surface area contributed by atoms with E-state index in [1.54, 1.807) is 30.3 Å². The molecule has 3 N–H and O–H groups in total. The third-order valence-electron chi connectivity index (χ3n) is 5.49. The number of hydrogen-bond acceptors (Lipinski definition) is 5. The van der Waals surface area contributed by atoms with E-state index >= 15 is 0 Å². The van der Waals surface area contributed by atoms with E-state index in [-0.39, 0.29) is 18.3 Å². The van der Waals surface area contributed by atoms with Gasteiger partial charge in [-0.15, -0.1) is 0 Å². The number of amides is 2. The first-order valence-electron chi connectivity index (χ1n) is 10.5. The van der Waals surface area contributed by atoms with E-state index < -0.39 is 12.1 Å². The van der Waals surface area contributed by atoms with Gasteiger partial charge < -0.3 is 15.2 Å². The van der Waals surface area contributed by atoms with Crippen LogP contribution in [0.2, 0.25) is 0 Å². The van der Waals surface area contributed by atoms with Crippen molar-refractivity contribution in [2.75, 3.05) is 11.9 Å². The van der Waals surface area contributed by atoms with Crippen LogP contribution in [0.25, 0.3) is 10.8 Å². The molecule has 0 saturated carbocycles. The van der Waals surface area contributed by atoms with Crippen molar-refractivity contribution in [3.05, 3.63) is 102 Å². The Kier molecular flexibility index (Phi) is 5.28. The van der Waals surface area contributed by atoms with Crippen LogP contribution < -0.4 is 15.5 Å². The first kappa shape index (κ1) is 20.4. The van der Waals surface area contributed by atoms with Crippen LogP contribution in [0.5, 0.6) is 11.5 Å². The number of phenols is 1. The van der Waals surface area contributed by atoms with Gasteiger partial charge in [-0.05, 0) is 41.3 Å². The number of fused-ring (bicyclic) bond motifs is 2. The minimum atomic E-state index is -0.658. The normalized spacial score (nSPS) is 15.0. The van der Waals surface area contributed by atoms with Crippen molar-refractivity contribution >= 4 is 28.3 Å². The van der Waals surface area contributed by atoms with Crippen molar-refractivity contribution in [2.24, 2.45) is 0 Å². The fourth-order valence-corrected chi connectivity index (χ4v) is 3.89. The number of nitrogens with one attached hydrogen (secondary N) is 2. The molecule has 0 aromatic heterocycles. The van der Waals surface area contributed by atoms with Crippen molar-refractivity contribution in [3.63, 3.8) is 0 Å². The highest BCUT2D eigenvalue weighted by molar-refractivity contribution is 6.02. The van der Waals surface area contributed by atoms with Gasteiger partial charge in [-0.2, -0.15) is 0 Å². The molecule has 7 nitrogen and oxygen atoms in total. The van der Waals surface area contributed by atoms with Crippen LogP contribution in [0.3, 0.4) is 0 Å². The molecule has 0 aliphatic carbocycles. The van der Waals surface area contributed by atoms with E-state index in [1.165, 1.54) is 17.1 Å². The molecular formula is C26H21N3O4. The molecule has 164 valence electrons. The summed E-state index contributed by atoms with van der Waals surface area (Å²) in [5, 5.41) is 16.1. The highest BCUT2D eigenvalue weighted by Gasteiger charge is 2.34. The molecule has 7 heteroatoms. The monoisotopic (exact) mass is 439 g/mol. The SMILES string of the molecule is O=C(COc1cccc2ccccc12)NN1C(=O)c2ccccc2NC1c1ccc(O)cc1. The molecule has 0 saturated heterocycles. The maximum atomic E-state index is 13.2. The summed E-state index contributed by atoms with van der Waals surface area (Å²) in [5.41, 5.74) is 4.50. The summed E-state index contributed by atoms with van der Waals surface area (Å²) in [6.45, 7) is -0.262. The summed E-state index contributed by atoms with van der Waals surface area (Å²) in [6, 6.07) is 27.0. The van der Waals surface area contributed by atoms with Crippen molar-refractivity contribution in [2.45, 2.75) is 6.17 Å². The Morgan fingerprint density at radius 2 is 1.67 bits per heavy atom. The van der Waals surface area contributed by atoms with Crippen molar-refractivity contribution in [1.82, 2.24) is 10.4 Å². The van der Waals surface area contributed by atoms with Crippen molar-refractivity contribution in [3.8, 4) is 11.5 Å². The zero-order valence-electron chi connectivity index (χ0n) is 17.6. The smallest absolute Gasteiger partial charge is 0.276 e. The Hall–Kier alpha value is -4.52. The molecule has 0 bridgehead atoms. The van der Waals surface area contributed by atoms with E-state index in [2.05, 4.69) is 10.7 Å². The molecule has 0 fully saturated rings. The zero-order chi connectivity index (χ0) is 22.8. The number of benzene rings is 4. The predicted molar refractivity (Wildman–Crippen MR) is 125 cm³/mol. The molecule has 0 spiro atoms. The molecule has 1 aliphatic rings. The van der Waals surface area contributed by atoms with Gasteiger partial charge in [0.25, 0.3) is 11.8 Å². The fraction of sp³-hybridized carbons (Fsp3) is 0.0769. The second kappa shape index (κ2) is 8.55. The number of rotatable bonds is 5. The molecule has 1 atom stereocenters. The minimum Gasteiger partial charge on any atom is -0.508 e. The Morgan fingerprint density at radius 3 is 2.52 bits per heavy atom. The lowest BCUT2D eigenvalue weighted by Crippen LogP contribution is -2.53. The minimum absolute atomic E-state index is 0.111. The molecule has 2 amide bonds. The second-order valence-electron chi connectivity index (χ2n) is 7.66. The number of nitrogens with zero attached hydrogens (tertiary/aromatic N) is 1. The third kappa shape index (κ3) is 4.04. The highest BCUT2D eigenvalue weighted by Crippen LogP contribution is 2.32. The van der Waals surface area contributed by atoms with Crippen LogP contribution >= 0.6 is 0 Å². The molecule has 1 unspecified atom stereocenters. The summed E-state index contributed by atoms with van der Waals surface area (Å²) < 4.78 is 5.78. The van der Waals surface area contributed by atoms with Gasteiger partial charge in [-0.1, -0.05) is 60.7 Å². The van der Waals surface area contributed by atoms with Gasteiger partial charge in [0.15, 0.2) is 6.61 Å². The Morgan fingerprint density at radius 1 is 0.939 bits per heavy atom. The molecule has 5 rings (SSSR count). The predicted octanol–water partition coefficient (Wildman–Crippen LogP) is 4.22. The number of ether oxygens (including phenoxy) is 1. The molecule has 0 radical (unpaired) electrons. The number of carbonyl (C=O) groups excluding carboxylic acids is 2. The summed E-state index contributed by atoms with van der Waals surface area (Å²) in [7, 11) is 0. The van der Waals surface area contributed by atoms with E-state index in [9.17, 15) is 14.7 Å². The van der Waals surface area contributed by atoms with Crippen LogP contribution in [-0.4, -0.2) is 28.5 Å². The Bertz CT molecular complexity index is 1330. The quantitative estimate of drug-likeness (QED) is 0.433. The summed E-state index contributed by atoms with van der Waals surface area (Å²) in [6.07, 6.45) is -0.658. The standard InChI is InChI=1S/C26H21N3O4/c30-19-14-12-18(13-15-19)25-27-22-10-4-3-9-21(22)26(32)29(25)28-24(31)16-33-23-11-5-7-17-6-1-2-8-20(17)23/h1-15,25,27,30H,16H2,(H,28,31). The Balaban J connectivity index is 1.38. The van der Waals surface area contributed by atoms with Crippen LogP contribution in [0.15, 0.2) is 91.0 Å². The molecule has 4 aromatic carbocycles. The zero-order valence-corrected chi connectivity index (χ0v) is 17.6. The van der Waals surface area contributed by atoms with Gasteiger partial charge >= 0.3 is 0 Å². The summed E-state index contributed by atoms with van der Waals surface area (Å²) in [4.78, 5) is 26.0. The molecule has 4 aromatic rings. The Labute approximate surface area is 190 Å². The lowest BCUT2D eigenvalue weighted by atomic mass is 10.0. The number of carbonyl (C=O) groups is 2. The highest BCUT2D eigenvalue weighted by atomic mass is 16.5. The van der Waals surface area contributed by atoms with Crippen molar-refractivity contribution < 1.29 is 19.4 Å². The molecular weight excluding hydrogens is 418 g/mol. The van der Waals surface area contributed by atoms with Gasteiger partial charge in [-0.3, -0.25) is 15.0 Å². The maximum Gasteiger partial charge on any atom is 0.276 e. The average Bonchev–Trinajstić information content (AvgIpc) is 2.85. The number of hydrogen-bond donors (Lipinski definition) is 3. The number of hydrazine groups is 1. The first-order chi connectivity index (χ1) is 16.1. The molecule has 33 heavy (non-hydrogen) atoms. The van der Waals surface area contributed by atoms with Gasteiger partial charge in [0.1, 0.15) is 17.7 Å². The summed E-state index contributed by atoms with van der Waals surface area (Å²) >= 11 is 0. The van der Waals surface area contributed by atoms with E-state index in [0.29, 0.717) is 22.6 Å². The third-order valence-corrected chi connectivity index (χ3v) is 5.49. The topological polar surface area (TPSA) is 90.9 Å². The van der Waals surface area contributed by atoms with Crippen LogP contribution in [0.1, 0.15) is 22.1 Å². The lowest BCUT2D eigenvalue weighted by molar-refractivity contribution is -0.127. The average molecular weight is 439 g/mol. The van der Waals surface area contributed by atoms with Gasteiger partial charge in [0.05, 0.1) is 5.56 Å². The molecule has 1 aliphatic heterocycles. The number of anilines is 1. The van der Waals surface area contributed by atoms with Crippen LogP contribution in [0, 0.1) is 0 Å². The van der Waals surface area contributed by atoms with Gasteiger partial charge in [0.2, 0.25) is 0 Å². The number of para-hydroxylation sites is 1. The van der Waals surface area contributed by atoms with E-state index in [0.717, 1.165) is 10.8 Å². The second-order valence-corrected chi connectivity index (χ2v) is 7.66. The lowest BCUT2D eigenvalue weighted by Gasteiger charge is -2.37. The van der Waals surface area contributed by atoms with Crippen molar-refractivity contribution in [1.29, 1.82) is 0 Å². The first-order valence-corrected chi connectivity index (χ1v) is 10.5. The molecule has 1 heterocycles. The number of aromatic hydroxyl groups is 1. The fourth-order valence-electron chi connectivity index (χ4n) is 3.89. The van der Waals surface area contributed by atoms with Crippen LogP contribution in [0.4, 0.5) is 5.69 Å². The number of phenolic OH excluding ortho intramolecular Hbond substituents is 1. The van der Waals surface area contributed by atoms with Gasteiger partial charge in [0, 0.05) is 11.1 Å². The largest absolute Gasteiger partial charge is 0.508 e. The van der Waals surface area contributed by atoms with Gasteiger partial charge in [-0.25, -0.2) is 5.01 Å². The summed E-state index contributed by atoms with van der Waals surface area (Å²) in [5.74, 6) is -0.116. The van der Waals surface area contributed by atoms with E-state index in [1.807, 2.05) is 48.5 Å². The maximum absolute atomic E-state index is 13.2. The van der Waals surface area contributed by atoms with Crippen LogP contribution in [-0.2, 0) is 4.79 Å².